The van der Waals surface area contributed by atoms with Crippen molar-refractivity contribution in [3.63, 3.8) is 0 Å². The summed E-state index contributed by atoms with van der Waals surface area (Å²) >= 11 is 1.72. The van der Waals surface area contributed by atoms with Gasteiger partial charge in [-0.15, -0.1) is 11.3 Å². The molecule has 0 saturated carbocycles. The molecule has 0 bridgehead atoms. The zero-order valence-corrected chi connectivity index (χ0v) is 13.9. The molecule has 0 amide bonds. The minimum Gasteiger partial charge on any atom is -0.329 e. The van der Waals surface area contributed by atoms with E-state index in [9.17, 15) is 0 Å². The number of likely N-dealkylation sites (N-methyl/N-ethyl adjacent to an activating group) is 1. The average Bonchev–Trinajstić information content (AvgIpc) is 2.81. The predicted molar refractivity (Wildman–Crippen MR) is 84.5 cm³/mol. The number of aromatic nitrogens is 1. The van der Waals surface area contributed by atoms with Gasteiger partial charge in [-0.2, -0.15) is 0 Å². The molecule has 1 aromatic heterocycles. The van der Waals surface area contributed by atoms with Crippen LogP contribution >= 0.6 is 11.3 Å². The van der Waals surface area contributed by atoms with E-state index < -0.39 is 0 Å². The van der Waals surface area contributed by atoms with Gasteiger partial charge in [0.25, 0.3) is 0 Å². The second-order valence-corrected chi connectivity index (χ2v) is 6.78. The van der Waals surface area contributed by atoms with Crippen molar-refractivity contribution >= 4 is 11.3 Å². The number of nitrogens with zero attached hydrogens (tertiary/aromatic N) is 2. The third kappa shape index (κ3) is 4.26. The van der Waals surface area contributed by atoms with Crippen LogP contribution in [0.3, 0.4) is 0 Å². The highest BCUT2D eigenvalue weighted by Gasteiger charge is 2.32. The van der Waals surface area contributed by atoms with Crippen molar-refractivity contribution in [2.24, 2.45) is 11.7 Å². The van der Waals surface area contributed by atoms with E-state index in [1.165, 1.54) is 12.1 Å². The first-order valence-electron chi connectivity index (χ1n) is 7.29. The molecule has 0 aliphatic rings. The molecule has 0 saturated heterocycles. The molecule has 110 valence electrons. The Labute approximate surface area is 122 Å². The van der Waals surface area contributed by atoms with Crippen LogP contribution in [-0.4, -0.2) is 29.0 Å². The van der Waals surface area contributed by atoms with Crippen molar-refractivity contribution in [3.05, 3.63) is 16.1 Å². The number of rotatable bonds is 8. The lowest BCUT2D eigenvalue weighted by molar-refractivity contribution is 0.0845. The topological polar surface area (TPSA) is 42.1 Å². The van der Waals surface area contributed by atoms with Gasteiger partial charge in [0.15, 0.2) is 0 Å². The Bertz CT molecular complexity index is 371. The van der Waals surface area contributed by atoms with Crippen molar-refractivity contribution in [1.29, 1.82) is 0 Å². The maximum atomic E-state index is 6.12. The highest BCUT2D eigenvalue weighted by atomic mass is 32.1. The van der Waals surface area contributed by atoms with Crippen LogP contribution in [0.4, 0.5) is 0 Å². The molecule has 2 unspecified atom stereocenters. The van der Waals surface area contributed by atoms with Crippen molar-refractivity contribution in [2.75, 3.05) is 13.6 Å². The largest absolute Gasteiger partial charge is 0.329 e. The second-order valence-electron chi connectivity index (χ2n) is 5.71. The molecule has 2 atom stereocenters. The summed E-state index contributed by atoms with van der Waals surface area (Å²) in [5.74, 6) is 0.711. The Kier molecular flexibility index (Phi) is 6.43. The van der Waals surface area contributed by atoms with E-state index >= 15 is 0 Å². The normalized spacial score (nSPS) is 16.6. The standard InChI is InChI=1S/C15H29N3S/c1-6-12(3)8-15(7-2,11-16)18(5)9-14-10-19-13(4)17-14/h10,12H,6-9,11,16H2,1-5H3. The minimum absolute atomic E-state index is 0.104. The van der Waals surface area contributed by atoms with Gasteiger partial charge in [0.1, 0.15) is 0 Å². The number of hydrogen-bond donors (Lipinski definition) is 1. The molecule has 2 N–H and O–H groups in total. The SMILES string of the molecule is CCC(C)CC(CC)(CN)N(C)Cc1csc(C)n1. The molecule has 1 aromatic rings. The van der Waals surface area contributed by atoms with Gasteiger partial charge >= 0.3 is 0 Å². The summed E-state index contributed by atoms with van der Waals surface area (Å²) in [4.78, 5) is 6.98. The summed E-state index contributed by atoms with van der Waals surface area (Å²) in [6.45, 7) is 10.5. The van der Waals surface area contributed by atoms with Gasteiger partial charge in [0.05, 0.1) is 10.7 Å². The zero-order chi connectivity index (χ0) is 14.5. The monoisotopic (exact) mass is 283 g/mol. The van der Waals surface area contributed by atoms with Crippen LogP contribution in [0.2, 0.25) is 0 Å². The summed E-state index contributed by atoms with van der Waals surface area (Å²) in [7, 11) is 2.19. The second kappa shape index (κ2) is 7.36. The summed E-state index contributed by atoms with van der Waals surface area (Å²) in [6, 6.07) is 0. The fraction of sp³-hybridized carbons (Fsp3) is 0.800. The zero-order valence-electron chi connectivity index (χ0n) is 13.1. The molecular formula is C15H29N3S. The first kappa shape index (κ1) is 16.6. The third-order valence-electron chi connectivity index (χ3n) is 4.34. The highest BCUT2D eigenvalue weighted by molar-refractivity contribution is 7.09. The van der Waals surface area contributed by atoms with Crippen LogP contribution in [-0.2, 0) is 6.54 Å². The van der Waals surface area contributed by atoms with Crippen LogP contribution in [0.1, 0.15) is 50.7 Å². The van der Waals surface area contributed by atoms with Gasteiger partial charge in [0, 0.05) is 24.0 Å². The first-order chi connectivity index (χ1) is 8.97. The fourth-order valence-electron chi connectivity index (χ4n) is 2.64. The van der Waals surface area contributed by atoms with E-state index in [0.717, 1.165) is 24.4 Å². The number of thiazole rings is 1. The van der Waals surface area contributed by atoms with Crippen molar-refractivity contribution < 1.29 is 0 Å². The number of hydrogen-bond acceptors (Lipinski definition) is 4. The van der Waals surface area contributed by atoms with Crippen LogP contribution in [0.25, 0.3) is 0 Å². The van der Waals surface area contributed by atoms with Crippen LogP contribution in [0, 0.1) is 12.8 Å². The van der Waals surface area contributed by atoms with E-state index in [2.05, 4.69) is 50.0 Å². The Balaban J connectivity index is 2.79. The average molecular weight is 283 g/mol. The summed E-state index contributed by atoms with van der Waals surface area (Å²) in [6.07, 6.45) is 3.47. The first-order valence-corrected chi connectivity index (χ1v) is 8.17. The van der Waals surface area contributed by atoms with Crippen molar-refractivity contribution in [2.45, 2.75) is 59.0 Å². The van der Waals surface area contributed by atoms with E-state index in [1.54, 1.807) is 11.3 Å². The molecule has 4 heteroatoms. The van der Waals surface area contributed by atoms with Crippen LogP contribution < -0.4 is 5.73 Å². The van der Waals surface area contributed by atoms with Gasteiger partial charge in [0.2, 0.25) is 0 Å². The summed E-state index contributed by atoms with van der Waals surface area (Å²) < 4.78 is 0. The number of aryl methyl sites for hydroxylation is 1. The van der Waals surface area contributed by atoms with E-state index in [-0.39, 0.29) is 5.54 Å². The lowest BCUT2D eigenvalue weighted by Crippen LogP contribution is -2.52. The molecule has 0 aliphatic heterocycles. The van der Waals surface area contributed by atoms with Gasteiger partial charge in [-0.05, 0) is 32.7 Å². The van der Waals surface area contributed by atoms with Gasteiger partial charge in [-0.25, -0.2) is 4.98 Å². The predicted octanol–water partition coefficient (Wildman–Crippen LogP) is 3.43. The summed E-state index contributed by atoms with van der Waals surface area (Å²) in [5.41, 5.74) is 7.39. The molecule has 1 heterocycles. The Morgan fingerprint density at radius 3 is 2.58 bits per heavy atom. The molecule has 3 nitrogen and oxygen atoms in total. The quantitative estimate of drug-likeness (QED) is 0.795. The maximum Gasteiger partial charge on any atom is 0.0897 e. The fourth-order valence-corrected chi connectivity index (χ4v) is 3.24. The Hall–Kier alpha value is -0.450. The molecule has 19 heavy (non-hydrogen) atoms. The molecule has 0 spiro atoms. The maximum absolute atomic E-state index is 6.12. The van der Waals surface area contributed by atoms with Crippen LogP contribution in [0.5, 0.6) is 0 Å². The van der Waals surface area contributed by atoms with Gasteiger partial charge in [-0.1, -0.05) is 27.2 Å². The lowest BCUT2D eigenvalue weighted by atomic mass is 9.83. The molecule has 0 aromatic carbocycles. The Morgan fingerprint density at radius 1 is 1.47 bits per heavy atom. The molecule has 1 rings (SSSR count). The van der Waals surface area contributed by atoms with Crippen molar-refractivity contribution in [1.82, 2.24) is 9.88 Å². The van der Waals surface area contributed by atoms with Gasteiger partial charge in [-0.3, -0.25) is 4.90 Å². The van der Waals surface area contributed by atoms with E-state index in [4.69, 9.17) is 5.73 Å². The third-order valence-corrected chi connectivity index (χ3v) is 5.16. The molecule has 0 aliphatic carbocycles. The number of nitrogens with two attached hydrogens (primary N) is 1. The van der Waals surface area contributed by atoms with Crippen molar-refractivity contribution in [3.8, 4) is 0 Å². The molecular weight excluding hydrogens is 254 g/mol. The van der Waals surface area contributed by atoms with E-state index in [1.807, 2.05) is 0 Å². The minimum atomic E-state index is 0.104. The Morgan fingerprint density at radius 2 is 2.16 bits per heavy atom. The van der Waals surface area contributed by atoms with E-state index in [0.29, 0.717) is 12.5 Å². The molecule has 0 fully saturated rings. The smallest absolute Gasteiger partial charge is 0.0897 e. The highest BCUT2D eigenvalue weighted by Crippen LogP contribution is 2.28. The van der Waals surface area contributed by atoms with Crippen LogP contribution in [0.15, 0.2) is 5.38 Å². The van der Waals surface area contributed by atoms with Gasteiger partial charge < -0.3 is 5.73 Å². The lowest BCUT2D eigenvalue weighted by Gasteiger charge is -2.42. The summed E-state index contributed by atoms with van der Waals surface area (Å²) in [5, 5.41) is 3.30. The molecule has 0 radical (unpaired) electrons.